The summed E-state index contributed by atoms with van der Waals surface area (Å²) < 4.78 is 0. The van der Waals surface area contributed by atoms with Crippen molar-refractivity contribution in [1.82, 2.24) is 5.32 Å². The van der Waals surface area contributed by atoms with Gasteiger partial charge in [0.25, 0.3) is 0 Å². The molecule has 0 heterocycles. The summed E-state index contributed by atoms with van der Waals surface area (Å²) in [5.74, 6) is 2.48. The van der Waals surface area contributed by atoms with Crippen LogP contribution >= 0.6 is 0 Å². The molecule has 104 valence electrons. The number of rotatable bonds is 5. The lowest BCUT2D eigenvalue weighted by atomic mass is 9.90. The number of hydrogen-bond acceptors (Lipinski definition) is 2. The molecule has 3 N–H and O–H groups in total. The summed E-state index contributed by atoms with van der Waals surface area (Å²) >= 11 is 0. The molecule has 2 fully saturated rings. The van der Waals surface area contributed by atoms with Crippen LogP contribution in [0.3, 0.4) is 0 Å². The van der Waals surface area contributed by atoms with Crippen LogP contribution in [0.25, 0.3) is 0 Å². The van der Waals surface area contributed by atoms with Crippen molar-refractivity contribution < 1.29 is 4.79 Å². The lowest BCUT2D eigenvalue weighted by Gasteiger charge is -2.31. The molecule has 1 amide bonds. The van der Waals surface area contributed by atoms with E-state index >= 15 is 0 Å². The molecule has 3 atom stereocenters. The Hall–Kier alpha value is -0.570. The normalized spacial score (nSPS) is 33.7. The minimum Gasteiger partial charge on any atom is -0.349 e. The predicted molar refractivity (Wildman–Crippen MR) is 74.0 cm³/mol. The molecule has 0 radical (unpaired) electrons. The predicted octanol–water partition coefficient (Wildman–Crippen LogP) is 2.30. The molecular weight excluding hydrogens is 224 g/mol. The molecule has 18 heavy (non-hydrogen) atoms. The Kier molecular flexibility index (Phi) is 4.00. The van der Waals surface area contributed by atoms with Gasteiger partial charge in [-0.25, -0.2) is 0 Å². The van der Waals surface area contributed by atoms with Crippen LogP contribution in [0.5, 0.6) is 0 Å². The minimum atomic E-state index is -0.225. The molecule has 0 aliphatic heterocycles. The summed E-state index contributed by atoms with van der Waals surface area (Å²) in [6.45, 7) is 6.96. The maximum absolute atomic E-state index is 12.4. The largest absolute Gasteiger partial charge is 0.349 e. The highest BCUT2D eigenvalue weighted by atomic mass is 16.2. The van der Waals surface area contributed by atoms with Crippen LogP contribution in [0.2, 0.25) is 0 Å². The van der Waals surface area contributed by atoms with E-state index in [4.69, 9.17) is 5.73 Å². The van der Waals surface area contributed by atoms with Gasteiger partial charge in [-0.1, -0.05) is 26.7 Å². The van der Waals surface area contributed by atoms with E-state index in [0.29, 0.717) is 30.2 Å². The van der Waals surface area contributed by atoms with Gasteiger partial charge in [0.1, 0.15) is 0 Å². The third-order valence-electron chi connectivity index (χ3n) is 4.69. The second-order valence-corrected chi connectivity index (χ2v) is 6.99. The van der Waals surface area contributed by atoms with E-state index in [1.54, 1.807) is 0 Å². The van der Waals surface area contributed by atoms with Gasteiger partial charge in [-0.2, -0.15) is 0 Å². The first kappa shape index (κ1) is 13.9. The van der Waals surface area contributed by atoms with Gasteiger partial charge >= 0.3 is 0 Å². The quantitative estimate of drug-likeness (QED) is 0.789. The van der Waals surface area contributed by atoms with Crippen molar-refractivity contribution in [3.63, 3.8) is 0 Å². The Labute approximate surface area is 111 Å². The molecule has 0 aromatic rings. The number of carbonyl (C=O) groups excluding carboxylic acids is 1. The zero-order valence-corrected chi connectivity index (χ0v) is 12.0. The highest BCUT2D eigenvalue weighted by Crippen LogP contribution is 2.55. The van der Waals surface area contributed by atoms with Gasteiger partial charge in [0.15, 0.2) is 0 Å². The van der Waals surface area contributed by atoms with E-state index in [9.17, 15) is 4.79 Å². The van der Waals surface area contributed by atoms with Gasteiger partial charge in [-0.3, -0.25) is 4.79 Å². The average Bonchev–Trinajstić information content (AvgIpc) is 3.01. The molecular formula is C15H28N2O. The summed E-state index contributed by atoms with van der Waals surface area (Å²) in [4.78, 5) is 12.4. The fourth-order valence-electron chi connectivity index (χ4n) is 3.85. The first-order valence-corrected chi connectivity index (χ1v) is 7.49. The number of carbonyl (C=O) groups is 1. The zero-order valence-electron chi connectivity index (χ0n) is 12.0. The van der Waals surface area contributed by atoms with Crippen LogP contribution in [-0.2, 0) is 4.79 Å². The fraction of sp³-hybridized carbons (Fsp3) is 0.933. The first-order chi connectivity index (χ1) is 8.47. The standard InChI is InChI=1S/C15H28N2O/c1-10(2)8-15(3,9-16)17-14(18)13-11-6-4-5-7-12(11)13/h10-13H,4-9,16H2,1-3H3,(H,17,18). The zero-order chi connectivity index (χ0) is 13.3. The van der Waals surface area contributed by atoms with Crippen LogP contribution < -0.4 is 11.1 Å². The van der Waals surface area contributed by atoms with Gasteiger partial charge in [-0.15, -0.1) is 0 Å². The van der Waals surface area contributed by atoms with E-state index < -0.39 is 0 Å². The van der Waals surface area contributed by atoms with Crippen molar-refractivity contribution in [2.45, 2.75) is 58.4 Å². The Morgan fingerprint density at radius 3 is 2.33 bits per heavy atom. The van der Waals surface area contributed by atoms with Crippen LogP contribution in [-0.4, -0.2) is 18.0 Å². The number of nitrogens with two attached hydrogens (primary N) is 1. The topological polar surface area (TPSA) is 55.1 Å². The van der Waals surface area contributed by atoms with Gasteiger partial charge in [-0.05, 0) is 43.9 Å². The van der Waals surface area contributed by atoms with E-state index in [-0.39, 0.29) is 11.4 Å². The summed E-state index contributed by atoms with van der Waals surface area (Å²) in [5, 5.41) is 3.23. The van der Waals surface area contributed by atoms with E-state index in [0.717, 1.165) is 6.42 Å². The Morgan fingerprint density at radius 2 is 1.89 bits per heavy atom. The molecule has 2 aliphatic carbocycles. The van der Waals surface area contributed by atoms with Crippen molar-refractivity contribution in [1.29, 1.82) is 0 Å². The molecule has 3 heteroatoms. The summed E-state index contributed by atoms with van der Waals surface area (Å²) in [6.07, 6.45) is 6.09. The molecule has 0 saturated heterocycles. The van der Waals surface area contributed by atoms with Crippen LogP contribution in [0.1, 0.15) is 52.9 Å². The molecule has 0 aromatic heterocycles. The number of amides is 1. The van der Waals surface area contributed by atoms with E-state index in [2.05, 4.69) is 26.1 Å². The van der Waals surface area contributed by atoms with Crippen molar-refractivity contribution >= 4 is 5.91 Å². The molecule has 0 spiro atoms. The van der Waals surface area contributed by atoms with Gasteiger partial charge in [0, 0.05) is 18.0 Å². The molecule has 2 aliphatic rings. The highest BCUT2D eigenvalue weighted by molar-refractivity contribution is 5.83. The van der Waals surface area contributed by atoms with E-state index in [1.165, 1.54) is 25.7 Å². The summed E-state index contributed by atoms with van der Waals surface area (Å²) in [5.41, 5.74) is 5.63. The molecule has 3 nitrogen and oxygen atoms in total. The number of fused-ring (bicyclic) bond motifs is 1. The van der Waals surface area contributed by atoms with Crippen LogP contribution in [0, 0.1) is 23.7 Å². The molecule has 2 saturated carbocycles. The Balaban J connectivity index is 1.90. The van der Waals surface area contributed by atoms with Crippen molar-refractivity contribution in [2.24, 2.45) is 29.4 Å². The van der Waals surface area contributed by atoms with Gasteiger partial charge in [0.2, 0.25) is 5.91 Å². The maximum atomic E-state index is 12.4. The van der Waals surface area contributed by atoms with Crippen LogP contribution in [0.15, 0.2) is 0 Å². The van der Waals surface area contributed by atoms with Gasteiger partial charge < -0.3 is 11.1 Å². The second kappa shape index (κ2) is 5.20. The minimum absolute atomic E-state index is 0.225. The van der Waals surface area contributed by atoms with Gasteiger partial charge in [0.05, 0.1) is 0 Å². The average molecular weight is 252 g/mol. The maximum Gasteiger partial charge on any atom is 0.224 e. The Bertz CT molecular complexity index is 304. The molecule has 2 rings (SSSR count). The summed E-state index contributed by atoms with van der Waals surface area (Å²) in [6, 6.07) is 0. The Morgan fingerprint density at radius 1 is 1.33 bits per heavy atom. The molecule has 0 bridgehead atoms. The number of hydrogen-bond donors (Lipinski definition) is 2. The lowest BCUT2D eigenvalue weighted by molar-refractivity contribution is -0.124. The second-order valence-electron chi connectivity index (χ2n) is 6.99. The van der Waals surface area contributed by atoms with Crippen molar-refractivity contribution in [3.8, 4) is 0 Å². The summed E-state index contributed by atoms with van der Waals surface area (Å²) in [7, 11) is 0. The highest BCUT2D eigenvalue weighted by Gasteiger charge is 2.55. The first-order valence-electron chi connectivity index (χ1n) is 7.49. The lowest BCUT2D eigenvalue weighted by Crippen LogP contribution is -2.52. The molecule has 0 aromatic carbocycles. The fourth-order valence-corrected chi connectivity index (χ4v) is 3.85. The SMILES string of the molecule is CC(C)CC(C)(CN)NC(=O)C1C2CCCCC21. The monoisotopic (exact) mass is 252 g/mol. The van der Waals surface area contributed by atoms with E-state index in [1.807, 2.05) is 0 Å². The third kappa shape index (κ3) is 2.87. The van der Waals surface area contributed by atoms with Crippen molar-refractivity contribution in [2.75, 3.05) is 6.54 Å². The smallest absolute Gasteiger partial charge is 0.224 e. The third-order valence-corrected chi connectivity index (χ3v) is 4.69. The van der Waals surface area contributed by atoms with Crippen molar-refractivity contribution in [3.05, 3.63) is 0 Å². The van der Waals surface area contributed by atoms with Crippen LogP contribution in [0.4, 0.5) is 0 Å². The number of nitrogens with one attached hydrogen (secondary N) is 1. The molecule has 3 unspecified atom stereocenters.